The molecule has 0 unspecified atom stereocenters. The van der Waals surface area contributed by atoms with E-state index in [4.69, 9.17) is 15.6 Å². The monoisotopic (exact) mass is 252 g/mol. The van der Waals surface area contributed by atoms with Crippen LogP contribution in [-0.2, 0) is 11.3 Å². The summed E-state index contributed by atoms with van der Waals surface area (Å²) in [5, 5.41) is 18.9. The number of morpholine rings is 1. The van der Waals surface area contributed by atoms with Gasteiger partial charge < -0.3 is 20.7 Å². The number of hydrogen-bond donors (Lipinski definition) is 3. The Morgan fingerprint density at radius 1 is 1.33 bits per heavy atom. The van der Waals surface area contributed by atoms with E-state index in [0.717, 1.165) is 37.4 Å². The normalized spacial score (nSPS) is 18.8. The number of ether oxygens (including phenoxy) is 1. The molecule has 2 rings (SSSR count). The van der Waals surface area contributed by atoms with Crippen molar-refractivity contribution in [1.29, 1.82) is 0 Å². The second kappa shape index (κ2) is 6.15. The van der Waals surface area contributed by atoms with Crippen LogP contribution in [0.3, 0.4) is 0 Å². The average molecular weight is 252 g/mol. The quantitative estimate of drug-likeness (QED) is 0.714. The number of aliphatic hydroxyl groups excluding tert-OH is 1. The second-order valence-corrected chi connectivity index (χ2v) is 4.57. The van der Waals surface area contributed by atoms with Gasteiger partial charge in [0.1, 0.15) is 5.75 Å². The Labute approximate surface area is 107 Å². The first-order valence-corrected chi connectivity index (χ1v) is 6.19. The van der Waals surface area contributed by atoms with Gasteiger partial charge in [0.2, 0.25) is 0 Å². The van der Waals surface area contributed by atoms with Crippen LogP contribution in [0.1, 0.15) is 17.2 Å². The van der Waals surface area contributed by atoms with E-state index in [1.165, 1.54) is 0 Å². The van der Waals surface area contributed by atoms with Gasteiger partial charge in [-0.05, 0) is 17.7 Å². The van der Waals surface area contributed by atoms with Gasteiger partial charge >= 0.3 is 0 Å². The molecule has 0 amide bonds. The highest BCUT2D eigenvalue weighted by atomic mass is 16.5. The van der Waals surface area contributed by atoms with Crippen LogP contribution >= 0.6 is 0 Å². The van der Waals surface area contributed by atoms with Gasteiger partial charge in [-0.25, -0.2) is 0 Å². The van der Waals surface area contributed by atoms with Gasteiger partial charge in [0, 0.05) is 25.2 Å². The summed E-state index contributed by atoms with van der Waals surface area (Å²) in [6.07, 6.45) is 0. The molecule has 0 aliphatic carbocycles. The summed E-state index contributed by atoms with van der Waals surface area (Å²) in [5.41, 5.74) is 7.47. The summed E-state index contributed by atoms with van der Waals surface area (Å²) in [7, 11) is 0. The highest BCUT2D eigenvalue weighted by Gasteiger charge is 2.14. The maximum Gasteiger partial charge on any atom is 0.120 e. The lowest BCUT2D eigenvalue weighted by molar-refractivity contribution is 0.0338. The van der Waals surface area contributed by atoms with Crippen LogP contribution in [0.25, 0.3) is 0 Å². The number of benzene rings is 1. The van der Waals surface area contributed by atoms with E-state index in [1.54, 1.807) is 12.1 Å². The molecule has 1 saturated heterocycles. The first-order chi connectivity index (χ1) is 8.70. The fourth-order valence-electron chi connectivity index (χ4n) is 2.07. The first kappa shape index (κ1) is 13.3. The van der Waals surface area contributed by atoms with Crippen molar-refractivity contribution in [3.05, 3.63) is 29.3 Å². The zero-order valence-corrected chi connectivity index (χ0v) is 10.4. The van der Waals surface area contributed by atoms with Crippen LogP contribution in [-0.4, -0.2) is 48.0 Å². The highest BCUT2D eigenvalue weighted by molar-refractivity contribution is 5.37. The van der Waals surface area contributed by atoms with Crippen molar-refractivity contribution in [1.82, 2.24) is 4.90 Å². The predicted octanol–water partition coefficient (Wildman–Crippen LogP) is 0.216. The Kier molecular flexibility index (Phi) is 4.54. The van der Waals surface area contributed by atoms with Gasteiger partial charge in [-0.3, -0.25) is 4.90 Å². The van der Waals surface area contributed by atoms with E-state index in [-0.39, 0.29) is 12.4 Å². The molecule has 0 saturated carbocycles. The maximum absolute atomic E-state index is 9.86. The number of phenolic OH excluding ortho intramolecular Hbond substituents is 1. The second-order valence-electron chi connectivity index (χ2n) is 4.57. The van der Waals surface area contributed by atoms with Crippen LogP contribution in [0.5, 0.6) is 5.75 Å². The van der Waals surface area contributed by atoms with Crippen LogP contribution in [0.15, 0.2) is 18.2 Å². The Bertz CT molecular complexity index is 392. The Hall–Kier alpha value is -1.14. The summed E-state index contributed by atoms with van der Waals surface area (Å²) in [5.74, 6) is 0.274. The van der Waals surface area contributed by atoms with Gasteiger partial charge in [-0.1, -0.05) is 6.07 Å². The van der Waals surface area contributed by atoms with Crippen molar-refractivity contribution in [3.63, 3.8) is 0 Å². The minimum atomic E-state index is -0.394. The lowest BCUT2D eigenvalue weighted by Crippen LogP contribution is -2.35. The lowest BCUT2D eigenvalue weighted by Gasteiger charge is -2.27. The maximum atomic E-state index is 9.86. The molecule has 0 spiro atoms. The van der Waals surface area contributed by atoms with Crippen molar-refractivity contribution >= 4 is 0 Å². The van der Waals surface area contributed by atoms with Crippen molar-refractivity contribution in [3.8, 4) is 5.75 Å². The van der Waals surface area contributed by atoms with Gasteiger partial charge in [-0.15, -0.1) is 0 Å². The van der Waals surface area contributed by atoms with E-state index in [0.29, 0.717) is 6.54 Å². The molecule has 4 N–H and O–H groups in total. The molecule has 5 nitrogen and oxygen atoms in total. The fraction of sp³-hybridized carbons (Fsp3) is 0.538. The first-order valence-electron chi connectivity index (χ1n) is 6.19. The number of nitrogens with two attached hydrogens (primary N) is 1. The van der Waals surface area contributed by atoms with Crippen LogP contribution in [0, 0.1) is 0 Å². The van der Waals surface area contributed by atoms with E-state index >= 15 is 0 Å². The fourth-order valence-corrected chi connectivity index (χ4v) is 2.07. The van der Waals surface area contributed by atoms with Crippen LogP contribution in [0.4, 0.5) is 0 Å². The molecule has 1 aromatic rings. The van der Waals surface area contributed by atoms with Crippen LogP contribution in [0.2, 0.25) is 0 Å². The smallest absolute Gasteiger partial charge is 0.120 e. The largest absolute Gasteiger partial charge is 0.508 e. The minimum absolute atomic E-state index is 0.0955. The number of aliphatic hydroxyl groups is 1. The summed E-state index contributed by atoms with van der Waals surface area (Å²) < 4.78 is 5.29. The number of phenols is 1. The van der Waals surface area contributed by atoms with Gasteiger partial charge in [0.25, 0.3) is 0 Å². The Balaban J connectivity index is 2.10. The van der Waals surface area contributed by atoms with Crippen LogP contribution < -0.4 is 5.73 Å². The van der Waals surface area contributed by atoms with E-state index in [1.807, 2.05) is 6.07 Å². The van der Waals surface area contributed by atoms with Crippen molar-refractivity contribution in [2.24, 2.45) is 5.73 Å². The standard InChI is InChI=1S/C13H20N2O3/c14-12(9-16)10-1-2-13(17)11(7-10)8-15-3-5-18-6-4-15/h1-2,7,12,16-17H,3-6,8-9,14H2/t12-/m0/s1. The highest BCUT2D eigenvalue weighted by Crippen LogP contribution is 2.23. The molecule has 1 aliphatic rings. The third-order valence-electron chi connectivity index (χ3n) is 3.23. The average Bonchev–Trinajstić information content (AvgIpc) is 2.41. The van der Waals surface area contributed by atoms with E-state index in [2.05, 4.69) is 4.90 Å². The number of hydrogen-bond acceptors (Lipinski definition) is 5. The molecule has 5 heteroatoms. The van der Waals surface area contributed by atoms with Gasteiger partial charge in [0.15, 0.2) is 0 Å². The summed E-state index contributed by atoms with van der Waals surface area (Å²) in [6.45, 7) is 3.79. The summed E-state index contributed by atoms with van der Waals surface area (Å²) in [4.78, 5) is 2.23. The molecule has 1 atom stereocenters. The van der Waals surface area contributed by atoms with Crippen molar-refractivity contribution in [2.75, 3.05) is 32.9 Å². The molecule has 1 fully saturated rings. The Morgan fingerprint density at radius 2 is 2.06 bits per heavy atom. The van der Waals surface area contributed by atoms with Crippen molar-refractivity contribution < 1.29 is 14.9 Å². The predicted molar refractivity (Wildman–Crippen MR) is 68.2 cm³/mol. The number of nitrogens with zero attached hydrogens (tertiary/aromatic N) is 1. The summed E-state index contributed by atoms with van der Waals surface area (Å²) in [6, 6.07) is 4.86. The third kappa shape index (κ3) is 3.20. The van der Waals surface area contributed by atoms with E-state index < -0.39 is 6.04 Å². The molecule has 18 heavy (non-hydrogen) atoms. The van der Waals surface area contributed by atoms with Gasteiger partial charge in [0.05, 0.1) is 25.9 Å². The van der Waals surface area contributed by atoms with E-state index in [9.17, 15) is 5.11 Å². The third-order valence-corrected chi connectivity index (χ3v) is 3.23. The molecule has 1 aromatic carbocycles. The zero-order chi connectivity index (χ0) is 13.0. The van der Waals surface area contributed by atoms with Crippen molar-refractivity contribution in [2.45, 2.75) is 12.6 Å². The molecular weight excluding hydrogens is 232 g/mol. The zero-order valence-electron chi connectivity index (χ0n) is 10.4. The SMILES string of the molecule is N[C@@H](CO)c1ccc(O)c(CN2CCOCC2)c1. The molecule has 0 radical (unpaired) electrons. The molecule has 0 bridgehead atoms. The molecular formula is C13H20N2O3. The summed E-state index contributed by atoms with van der Waals surface area (Å²) >= 11 is 0. The lowest BCUT2D eigenvalue weighted by atomic mass is 10.0. The number of aromatic hydroxyl groups is 1. The topological polar surface area (TPSA) is 79.0 Å². The molecule has 0 aromatic heterocycles. The minimum Gasteiger partial charge on any atom is -0.508 e. The number of rotatable bonds is 4. The molecule has 1 aliphatic heterocycles. The molecule has 1 heterocycles. The van der Waals surface area contributed by atoms with Gasteiger partial charge in [-0.2, -0.15) is 0 Å². The molecule has 100 valence electrons. The Morgan fingerprint density at radius 3 is 2.72 bits per heavy atom.